The maximum Gasteiger partial charge on any atom is 0.325 e. The van der Waals surface area contributed by atoms with Crippen molar-refractivity contribution in [1.82, 2.24) is 24.5 Å². The van der Waals surface area contributed by atoms with Gasteiger partial charge < -0.3 is 4.74 Å². The van der Waals surface area contributed by atoms with Gasteiger partial charge in [-0.05, 0) is 37.1 Å². The van der Waals surface area contributed by atoms with Crippen LogP contribution in [0.2, 0.25) is 0 Å². The Morgan fingerprint density at radius 3 is 2.74 bits per heavy atom. The minimum Gasteiger partial charge on any atom is -0.468 e. The van der Waals surface area contributed by atoms with Crippen LogP contribution >= 0.6 is 0 Å². The zero-order valence-corrected chi connectivity index (χ0v) is 13.0. The van der Waals surface area contributed by atoms with E-state index in [9.17, 15) is 9.59 Å². The molecule has 0 N–H and O–H groups in total. The lowest BCUT2D eigenvalue weighted by atomic mass is 10.1. The molecule has 0 spiro atoms. The zero-order chi connectivity index (χ0) is 16.6. The Labute approximate surface area is 131 Å². The van der Waals surface area contributed by atoms with E-state index in [0.29, 0.717) is 5.65 Å². The highest BCUT2D eigenvalue weighted by molar-refractivity contribution is 5.72. The molecule has 3 rings (SSSR count). The van der Waals surface area contributed by atoms with Gasteiger partial charge in [0.1, 0.15) is 12.9 Å². The first-order valence-electron chi connectivity index (χ1n) is 6.96. The maximum atomic E-state index is 12.3. The quantitative estimate of drug-likeness (QED) is 0.663. The smallest absolute Gasteiger partial charge is 0.325 e. The molecule has 0 radical (unpaired) electrons. The molecule has 1 aromatic carbocycles. The third kappa shape index (κ3) is 2.59. The lowest BCUT2D eigenvalue weighted by molar-refractivity contribution is -0.141. The van der Waals surface area contributed by atoms with Gasteiger partial charge in [0.05, 0.1) is 12.8 Å². The van der Waals surface area contributed by atoms with Crippen LogP contribution in [0, 0.1) is 13.8 Å². The van der Waals surface area contributed by atoms with Gasteiger partial charge in [0.15, 0.2) is 11.2 Å². The molecule has 0 atom stereocenters. The normalized spacial score (nSPS) is 10.9. The van der Waals surface area contributed by atoms with E-state index in [4.69, 9.17) is 0 Å². The Kier molecular flexibility index (Phi) is 3.65. The van der Waals surface area contributed by atoms with Gasteiger partial charge in [-0.3, -0.25) is 14.2 Å². The van der Waals surface area contributed by atoms with Crippen molar-refractivity contribution in [2.75, 3.05) is 7.11 Å². The highest BCUT2D eigenvalue weighted by atomic mass is 16.5. The molecular formula is C15H15N5O3. The van der Waals surface area contributed by atoms with Crippen molar-refractivity contribution in [3.8, 4) is 5.69 Å². The van der Waals surface area contributed by atoms with E-state index in [1.165, 1.54) is 18.1 Å². The van der Waals surface area contributed by atoms with Crippen molar-refractivity contribution >= 4 is 17.1 Å². The summed E-state index contributed by atoms with van der Waals surface area (Å²) in [5, 5.41) is 7.92. The number of benzene rings is 1. The van der Waals surface area contributed by atoms with Gasteiger partial charge in [-0.2, -0.15) is 4.68 Å². The van der Waals surface area contributed by atoms with Gasteiger partial charge in [-0.25, -0.2) is 4.98 Å². The number of aryl methyl sites for hydroxylation is 2. The molecule has 0 fully saturated rings. The van der Waals surface area contributed by atoms with Crippen LogP contribution in [0.25, 0.3) is 16.9 Å². The second kappa shape index (κ2) is 5.64. The Hall–Kier alpha value is -3.03. The molecule has 0 aliphatic heterocycles. The molecule has 8 nitrogen and oxygen atoms in total. The van der Waals surface area contributed by atoms with Gasteiger partial charge in [0, 0.05) is 0 Å². The third-order valence-electron chi connectivity index (χ3n) is 3.69. The molecule has 23 heavy (non-hydrogen) atoms. The number of aromatic nitrogens is 5. The van der Waals surface area contributed by atoms with E-state index in [1.54, 1.807) is 0 Å². The molecule has 0 saturated carbocycles. The molecule has 2 aromatic heterocycles. The molecule has 3 aromatic rings. The van der Waals surface area contributed by atoms with E-state index in [-0.39, 0.29) is 12.1 Å². The molecule has 0 aliphatic rings. The first-order valence-corrected chi connectivity index (χ1v) is 6.96. The fourth-order valence-electron chi connectivity index (χ4n) is 2.19. The summed E-state index contributed by atoms with van der Waals surface area (Å²) >= 11 is 0. The van der Waals surface area contributed by atoms with Crippen LogP contribution in [-0.4, -0.2) is 37.6 Å². The average molecular weight is 313 g/mol. The summed E-state index contributed by atoms with van der Waals surface area (Å²) in [5.41, 5.74) is 3.05. The fourth-order valence-corrected chi connectivity index (χ4v) is 2.19. The highest BCUT2D eigenvalue weighted by Crippen LogP contribution is 2.15. The summed E-state index contributed by atoms with van der Waals surface area (Å²) in [5.74, 6) is -0.533. The van der Waals surface area contributed by atoms with Crippen LogP contribution in [0.15, 0.2) is 29.3 Å². The van der Waals surface area contributed by atoms with Crippen LogP contribution in [-0.2, 0) is 16.1 Å². The van der Waals surface area contributed by atoms with Crippen LogP contribution in [0.4, 0.5) is 0 Å². The molecule has 0 unspecified atom stereocenters. The lowest BCUT2D eigenvalue weighted by Gasteiger charge is -2.06. The summed E-state index contributed by atoms with van der Waals surface area (Å²) in [4.78, 5) is 27.9. The first-order chi connectivity index (χ1) is 11.0. The van der Waals surface area contributed by atoms with E-state index < -0.39 is 11.5 Å². The molecular weight excluding hydrogens is 298 g/mol. The Morgan fingerprint density at radius 2 is 2.04 bits per heavy atom. The average Bonchev–Trinajstić information content (AvgIpc) is 2.97. The topological polar surface area (TPSA) is 91.9 Å². The molecule has 118 valence electrons. The highest BCUT2D eigenvalue weighted by Gasteiger charge is 2.15. The fraction of sp³-hybridized carbons (Fsp3) is 0.267. The summed E-state index contributed by atoms with van der Waals surface area (Å²) in [6.07, 6.45) is 1.29. The molecule has 2 heterocycles. The number of carbonyl (C=O) groups excluding carboxylic acids is 1. The number of methoxy groups -OCH3 is 1. The van der Waals surface area contributed by atoms with E-state index >= 15 is 0 Å². The van der Waals surface area contributed by atoms with Crippen LogP contribution in [0.1, 0.15) is 11.1 Å². The standard InChI is InChI=1S/C15H15N5O3/c1-9-4-5-11(6-10(9)2)20-14-13(17-18-20)15(22)19(8-16-14)7-12(21)23-3/h4-6,8H,7H2,1-3H3. The molecule has 0 saturated heterocycles. The number of nitrogens with zero attached hydrogens (tertiary/aromatic N) is 5. The zero-order valence-electron chi connectivity index (χ0n) is 13.0. The largest absolute Gasteiger partial charge is 0.468 e. The SMILES string of the molecule is COC(=O)Cn1cnc2c(nnn2-c2ccc(C)c(C)c2)c1=O. The van der Waals surface area contributed by atoms with Crippen LogP contribution < -0.4 is 5.56 Å². The minimum atomic E-state index is -0.533. The molecule has 8 heteroatoms. The van der Waals surface area contributed by atoms with Crippen molar-refractivity contribution in [2.45, 2.75) is 20.4 Å². The Morgan fingerprint density at radius 1 is 1.26 bits per heavy atom. The summed E-state index contributed by atoms with van der Waals surface area (Å²) in [6.45, 7) is 3.80. The van der Waals surface area contributed by atoms with Crippen molar-refractivity contribution in [1.29, 1.82) is 0 Å². The number of hydrogen-bond donors (Lipinski definition) is 0. The Bertz CT molecular complexity index is 957. The van der Waals surface area contributed by atoms with Crippen molar-refractivity contribution in [3.05, 3.63) is 46.0 Å². The third-order valence-corrected chi connectivity index (χ3v) is 3.69. The second-order valence-electron chi connectivity index (χ2n) is 5.20. The summed E-state index contributed by atoms with van der Waals surface area (Å²) in [6, 6.07) is 5.81. The van der Waals surface area contributed by atoms with Crippen LogP contribution in [0.5, 0.6) is 0 Å². The van der Waals surface area contributed by atoms with Crippen molar-refractivity contribution in [3.63, 3.8) is 0 Å². The monoisotopic (exact) mass is 313 g/mol. The number of carbonyl (C=O) groups is 1. The minimum absolute atomic E-state index is 0.106. The predicted octanol–water partition coefficient (Wildman–Crippen LogP) is 0.767. The number of hydrogen-bond acceptors (Lipinski definition) is 6. The molecule has 0 aliphatic carbocycles. The van der Waals surface area contributed by atoms with Gasteiger partial charge in [-0.1, -0.05) is 11.3 Å². The second-order valence-corrected chi connectivity index (χ2v) is 5.20. The molecule has 0 amide bonds. The predicted molar refractivity (Wildman–Crippen MR) is 82.4 cm³/mol. The van der Waals surface area contributed by atoms with Gasteiger partial charge in [-0.15, -0.1) is 5.10 Å². The van der Waals surface area contributed by atoms with Crippen LogP contribution in [0.3, 0.4) is 0 Å². The number of fused-ring (bicyclic) bond motifs is 1. The van der Waals surface area contributed by atoms with E-state index in [0.717, 1.165) is 21.4 Å². The molecule has 0 bridgehead atoms. The number of esters is 1. The van der Waals surface area contributed by atoms with Gasteiger partial charge in [0.25, 0.3) is 5.56 Å². The Balaban J connectivity index is 2.11. The summed E-state index contributed by atoms with van der Waals surface area (Å²) < 4.78 is 7.20. The van der Waals surface area contributed by atoms with Gasteiger partial charge in [0.2, 0.25) is 0 Å². The van der Waals surface area contributed by atoms with E-state index in [1.807, 2.05) is 32.0 Å². The lowest BCUT2D eigenvalue weighted by Crippen LogP contribution is -2.25. The maximum absolute atomic E-state index is 12.3. The van der Waals surface area contributed by atoms with Gasteiger partial charge >= 0.3 is 5.97 Å². The number of rotatable bonds is 3. The van der Waals surface area contributed by atoms with Crippen molar-refractivity contribution in [2.24, 2.45) is 0 Å². The summed E-state index contributed by atoms with van der Waals surface area (Å²) in [7, 11) is 1.26. The van der Waals surface area contributed by atoms with Crippen molar-refractivity contribution < 1.29 is 9.53 Å². The van der Waals surface area contributed by atoms with E-state index in [2.05, 4.69) is 20.0 Å². The first kappa shape index (κ1) is 14.9. The number of ether oxygens (including phenoxy) is 1.